The van der Waals surface area contributed by atoms with Gasteiger partial charge in [0.15, 0.2) is 0 Å². The van der Waals surface area contributed by atoms with Crippen LogP contribution in [0, 0.1) is 12.3 Å². The van der Waals surface area contributed by atoms with Gasteiger partial charge < -0.3 is 19.1 Å². The quantitative estimate of drug-likeness (QED) is 0.848. The molecule has 2 aliphatic rings. The Bertz CT molecular complexity index is 534. The Morgan fingerprint density at radius 3 is 2.82 bits per heavy atom. The number of ether oxygens (including phenoxy) is 1. The molecule has 0 aromatic carbocycles. The summed E-state index contributed by atoms with van der Waals surface area (Å²) in [6.45, 7) is 5.34. The van der Waals surface area contributed by atoms with Crippen molar-refractivity contribution in [1.82, 2.24) is 15.0 Å². The average molecular weight is 307 g/mol. The fourth-order valence-corrected chi connectivity index (χ4v) is 3.97. The molecule has 0 bridgehead atoms. The number of amides is 1. The van der Waals surface area contributed by atoms with E-state index in [0.29, 0.717) is 22.7 Å². The first-order valence-electron chi connectivity index (χ1n) is 7.94. The predicted molar refractivity (Wildman–Crippen MR) is 81.7 cm³/mol. The van der Waals surface area contributed by atoms with E-state index in [-0.39, 0.29) is 5.91 Å². The van der Waals surface area contributed by atoms with Crippen LogP contribution in [0.15, 0.2) is 10.8 Å². The van der Waals surface area contributed by atoms with Crippen molar-refractivity contribution in [2.75, 3.05) is 40.4 Å². The van der Waals surface area contributed by atoms with Crippen molar-refractivity contribution in [3.63, 3.8) is 0 Å². The number of likely N-dealkylation sites (tertiary alicyclic amines) is 2. The SMILES string of the molecule is COCC1CC2(CCN(C(=O)c3conc3C)CC2)CN1C. The number of carbonyl (C=O) groups excluding carboxylic acids is 1. The van der Waals surface area contributed by atoms with Crippen LogP contribution in [0.4, 0.5) is 0 Å². The Morgan fingerprint density at radius 1 is 1.50 bits per heavy atom. The summed E-state index contributed by atoms with van der Waals surface area (Å²) >= 11 is 0. The van der Waals surface area contributed by atoms with Crippen LogP contribution in [-0.2, 0) is 4.74 Å². The maximum Gasteiger partial charge on any atom is 0.259 e. The van der Waals surface area contributed by atoms with E-state index < -0.39 is 0 Å². The average Bonchev–Trinajstić information content (AvgIpc) is 3.04. The lowest BCUT2D eigenvalue weighted by atomic mass is 9.76. The maximum absolute atomic E-state index is 12.5. The fourth-order valence-electron chi connectivity index (χ4n) is 3.97. The molecule has 22 heavy (non-hydrogen) atoms. The van der Waals surface area contributed by atoms with E-state index in [1.165, 1.54) is 12.7 Å². The van der Waals surface area contributed by atoms with Crippen molar-refractivity contribution in [2.24, 2.45) is 5.41 Å². The summed E-state index contributed by atoms with van der Waals surface area (Å²) in [4.78, 5) is 16.9. The van der Waals surface area contributed by atoms with Gasteiger partial charge in [0.2, 0.25) is 0 Å². The maximum atomic E-state index is 12.5. The van der Waals surface area contributed by atoms with Crippen molar-refractivity contribution < 1.29 is 14.1 Å². The molecule has 1 amide bonds. The Morgan fingerprint density at radius 2 is 2.23 bits per heavy atom. The van der Waals surface area contributed by atoms with Crippen LogP contribution in [0.2, 0.25) is 0 Å². The number of rotatable bonds is 3. The number of aryl methyl sites for hydroxylation is 1. The molecule has 2 fully saturated rings. The van der Waals surface area contributed by atoms with Gasteiger partial charge in [-0.15, -0.1) is 0 Å². The zero-order chi connectivity index (χ0) is 15.7. The van der Waals surface area contributed by atoms with Crippen LogP contribution >= 0.6 is 0 Å². The first kappa shape index (κ1) is 15.5. The Kier molecular flexibility index (Phi) is 4.23. The molecule has 0 N–H and O–H groups in total. The van der Waals surface area contributed by atoms with Crippen LogP contribution in [0.1, 0.15) is 35.3 Å². The number of hydrogen-bond acceptors (Lipinski definition) is 5. The van der Waals surface area contributed by atoms with Crippen LogP contribution in [-0.4, -0.2) is 67.3 Å². The fraction of sp³-hybridized carbons (Fsp3) is 0.750. The molecule has 1 aromatic rings. The first-order chi connectivity index (χ1) is 10.5. The van der Waals surface area contributed by atoms with Crippen molar-refractivity contribution in [3.8, 4) is 0 Å². The van der Waals surface area contributed by atoms with E-state index in [4.69, 9.17) is 9.26 Å². The molecule has 2 aliphatic heterocycles. The third-order valence-electron chi connectivity index (χ3n) is 5.33. The van der Waals surface area contributed by atoms with E-state index >= 15 is 0 Å². The molecule has 1 aromatic heterocycles. The minimum atomic E-state index is 0.0494. The van der Waals surface area contributed by atoms with Gasteiger partial charge in [-0.1, -0.05) is 5.16 Å². The first-order valence-corrected chi connectivity index (χ1v) is 7.94. The summed E-state index contributed by atoms with van der Waals surface area (Å²) in [5, 5.41) is 3.80. The summed E-state index contributed by atoms with van der Waals surface area (Å²) in [5.74, 6) is 0.0494. The number of methoxy groups -OCH3 is 1. The second-order valence-electron chi connectivity index (χ2n) is 6.83. The molecular weight excluding hydrogens is 282 g/mol. The molecule has 1 spiro atoms. The molecule has 0 radical (unpaired) electrons. The third kappa shape index (κ3) is 2.77. The lowest BCUT2D eigenvalue weighted by Crippen LogP contribution is -2.44. The van der Waals surface area contributed by atoms with Gasteiger partial charge in [0.1, 0.15) is 11.8 Å². The largest absolute Gasteiger partial charge is 0.383 e. The monoisotopic (exact) mass is 307 g/mol. The van der Waals surface area contributed by atoms with E-state index in [1.54, 1.807) is 7.11 Å². The highest BCUT2D eigenvalue weighted by Gasteiger charge is 2.44. The molecule has 0 saturated carbocycles. The lowest BCUT2D eigenvalue weighted by molar-refractivity contribution is 0.0591. The summed E-state index contributed by atoms with van der Waals surface area (Å²) in [6, 6.07) is 0.507. The predicted octanol–water partition coefficient (Wildman–Crippen LogP) is 1.56. The number of carbonyl (C=O) groups is 1. The Balaban J connectivity index is 1.61. The summed E-state index contributed by atoms with van der Waals surface area (Å²) in [5.41, 5.74) is 1.61. The highest BCUT2D eigenvalue weighted by molar-refractivity contribution is 5.94. The second-order valence-corrected chi connectivity index (χ2v) is 6.83. The van der Waals surface area contributed by atoms with E-state index in [1.807, 2.05) is 11.8 Å². The smallest absolute Gasteiger partial charge is 0.259 e. The molecule has 3 rings (SSSR count). The number of hydrogen-bond donors (Lipinski definition) is 0. The normalized spacial score (nSPS) is 25.0. The third-order valence-corrected chi connectivity index (χ3v) is 5.33. The van der Waals surface area contributed by atoms with Crippen molar-refractivity contribution in [2.45, 2.75) is 32.2 Å². The van der Waals surface area contributed by atoms with Crippen LogP contribution in [0.5, 0.6) is 0 Å². The minimum Gasteiger partial charge on any atom is -0.383 e. The Hall–Kier alpha value is -1.40. The molecule has 1 unspecified atom stereocenters. The van der Waals surface area contributed by atoms with Gasteiger partial charge in [-0.2, -0.15) is 0 Å². The molecule has 6 nitrogen and oxygen atoms in total. The van der Waals surface area contributed by atoms with Gasteiger partial charge in [0.05, 0.1) is 12.3 Å². The van der Waals surface area contributed by atoms with Gasteiger partial charge in [0.25, 0.3) is 5.91 Å². The topological polar surface area (TPSA) is 58.8 Å². The van der Waals surface area contributed by atoms with Gasteiger partial charge in [-0.25, -0.2) is 0 Å². The van der Waals surface area contributed by atoms with E-state index in [0.717, 1.165) is 39.1 Å². The van der Waals surface area contributed by atoms with Crippen LogP contribution in [0.25, 0.3) is 0 Å². The number of aromatic nitrogens is 1. The van der Waals surface area contributed by atoms with Crippen molar-refractivity contribution >= 4 is 5.91 Å². The molecule has 2 saturated heterocycles. The van der Waals surface area contributed by atoms with Gasteiger partial charge >= 0.3 is 0 Å². The molecule has 122 valence electrons. The van der Waals surface area contributed by atoms with E-state index in [2.05, 4.69) is 17.1 Å². The highest BCUT2D eigenvalue weighted by atomic mass is 16.5. The zero-order valence-electron chi connectivity index (χ0n) is 13.7. The summed E-state index contributed by atoms with van der Waals surface area (Å²) in [7, 11) is 3.94. The number of piperidine rings is 1. The summed E-state index contributed by atoms with van der Waals surface area (Å²) < 4.78 is 10.2. The molecular formula is C16H25N3O3. The minimum absolute atomic E-state index is 0.0494. The standard InChI is InChI=1S/C16H25N3O3/c1-12-14(10-22-17-12)15(20)19-6-4-16(5-7-19)8-13(9-21-3)18(2)11-16/h10,13H,4-9,11H2,1-3H3. The number of nitrogens with zero attached hydrogens (tertiary/aromatic N) is 3. The van der Waals surface area contributed by atoms with Crippen molar-refractivity contribution in [3.05, 3.63) is 17.5 Å². The molecule has 6 heteroatoms. The van der Waals surface area contributed by atoms with Gasteiger partial charge in [-0.05, 0) is 38.6 Å². The molecule has 3 heterocycles. The van der Waals surface area contributed by atoms with E-state index in [9.17, 15) is 4.79 Å². The summed E-state index contributed by atoms with van der Waals surface area (Å²) in [6.07, 6.45) is 4.76. The van der Waals surface area contributed by atoms with Gasteiger partial charge in [0, 0.05) is 32.8 Å². The van der Waals surface area contributed by atoms with Gasteiger partial charge in [-0.3, -0.25) is 4.79 Å². The highest BCUT2D eigenvalue weighted by Crippen LogP contribution is 2.43. The number of likely N-dealkylation sites (N-methyl/N-ethyl adjacent to an activating group) is 1. The van der Waals surface area contributed by atoms with Crippen LogP contribution < -0.4 is 0 Å². The lowest BCUT2D eigenvalue weighted by Gasteiger charge is -2.39. The molecule has 0 aliphatic carbocycles. The molecule has 1 atom stereocenters. The van der Waals surface area contributed by atoms with Crippen LogP contribution in [0.3, 0.4) is 0 Å². The Labute approximate surface area is 131 Å². The second kappa shape index (κ2) is 6.01. The zero-order valence-corrected chi connectivity index (χ0v) is 13.7. The van der Waals surface area contributed by atoms with Crippen molar-refractivity contribution in [1.29, 1.82) is 0 Å².